The predicted octanol–water partition coefficient (Wildman–Crippen LogP) is 4.08. The number of benzene rings is 4. The molecule has 9 nitrogen and oxygen atoms in total. The Morgan fingerprint density at radius 3 is 0.879 bits per heavy atom. The van der Waals surface area contributed by atoms with Crippen LogP contribution in [0.4, 0.5) is 34.1 Å². The predicted molar refractivity (Wildman–Crippen MR) is 141 cm³/mol. The molecule has 0 amide bonds. The number of nitrogen functional groups attached to an aromatic ring is 6. The van der Waals surface area contributed by atoms with Crippen LogP contribution in [0.3, 0.4) is 0 Å². The number of rotatable bonds is 0. The second-order valence-electron chi connectivity index (χ2n) is 8.71. The van der Waals surface area contributed by atoms with Crippen molar-refractivity contribution in [1.29, 1.82) is 0 Å². The Bertz CT molecular complexity index is 1730. The number of hydrogen-bond donors (Lipinski definition) is 9. The van der Waals surface area contributed by atoms with Gasteiger partial charge in [-0.05, 0) is 36.4 Å². The van der Waals surface area contributed by atoms with E-state index in [0.717, 1.165) is 65.4 Å². The zero-order valence-electron chi connectivity index (χ0n) is 17.4. The topological polar surface area (TPSA) is 203 Å². The molecule has 7 aromatic rings. The molecule has 4 aromatic carbocycles. The Hall–Kier alpha value is -4.92. The van der Waals surface area contributed by atoms with Crippen molar-refractivity contribution in [2.24, 2.45) is 0 Å². The average molecular weight is 435 g/mol. The van der Waals surface area contributed by atoms with E-state index in [1.165, 1.54) is 0 Å². The van der Waals surface area contributed by atoms with Crippen LogP contribution >= 0.6 is 0 Å². The molecule has 3 aromatic heterocycles. The van der Waals surface area contributed by atoms with Crippen LogP contribution in [0.1, 0.15) is 0 Å². The Balaban J connectivity index is 1.87. The highest BCUT2D eigenvalue weighted by Crippen LogP contribution is 2.46. The van der Waals surface area contributed by atoms with Crippen molar-refractivity contribution in [2.45, 2.75) is 0 Å². The first-order valence-electron chi connectivity index (χ1n) is 10.4. The van der Waals surface area contributed by atoms with Crippen molar-refractivity contribution in [3.63, 3.8) is 0 Å². The fourth-order valence-electron chi connectivity index (χ4n) is 5.17. The number of aromatic nitrogens is 3. The summed E-state index contributed by atoms with van der Waals surface area (Å²) in [4.78, 5) is 10.7. The van der Waals surface area contributed by atoms with Crippen LogP contribution in [0.2, 0.25) is 0 Å². The van der Waals surface area contributed by atoms with E-state index in [1.54, 1.807) is 0 Å². The smallest absolute Gasteiger partial charge is 0.0588 e. The molecule has 162 valence electrons. The molecule has 0 bridgehead atoms. The van der Waals surface area contributed by atoms with Gasteiger partial charge in [-0.3, -0.25) is 0 Å². The van der Waals surface area contributed by atoms with E-state index in [4.69, 9.17) is 34.4 Å². The zero-order chi connectivity index (χ0) is 22.8. The Morgan fingerprint density at radius 1 is 0.364 bits per heavy atom. The number of hydrogen-bond acceptors (Lipinski definition) is 6. The van der Waals surface area contributed by atoms with E-state index in [2.05, 4.69) is 15.0 Å². The number of anilines is 6. The van der Waals surface area contributed by atoms with E-state index in [-0.39, 0.29) is 0 Å². The molecule has 0 saturated carbocycles. The van der Waals surface area contributed by atoms with Gasteiger partial charge in [0.25, 0.3) is 0 Å². The van der Waals surface area contributed by atoms with Gasteiger partial charge in [0.05, 0.1) is 50.7 Å². The average Bonchev–Trinajstić information content (AvgIpc) is 3.41. The van der Waals surface area contributed by atoms with Crippen molar-refractivity contribution < 1.29 is 0 Å². The molecule has 15 N–H and O–H groups in total. The molecule has 0 aliphatic heterocycles. The molecule has 3 heterocycles. The summed E-state index contributed by atoms with van der Waals surface area (Å²) in [6.07, 6.45) is 0. The van der Waals surface area contributed by atoms with Gasteiger partial charge in [-0.1, -0.05) is 0 Å². The van der Waals surface area contributed by atoms with E-state index in [0.29, 0.717) is 34.1 Å². The number of fused-ring (bicyclic) bond motifs is 12. The lowest BCUT2D eigenvalue weighted by atomic mass is 10.0. The van der Waals surface area contributed by atoms with Gasteiger partial charge in [-0.15, -0.1) is 0 Å². The quantitative estimate of drug-likeness (QED) is 0.160. The maximum Gasteiger partial charge on any atom is 0.0588 e. The van der Waals surface area contributed by atoms with Crippen molar-refractivity contribution in [3.05, 3.63) is 36.4 Å². The van der Waals surface area contributed by atoms with Gasteiger partial charge in [-0.2, -0.15) is 0 Å². The highest BCUT2D eigenvalue weighted by molar-refractivity contribution is 6.39. The first-order valence-corrected chi connectivity index (χ1v) is 10.4. The third-order valence-corrected chi connectivity index (χ3v) is 6.76. The van der Waals surface area contributed by atoms with E-state index >= 15 is 0 Å². The largest absolute Gasteiger partial charge is 0.397 e. The summed E-state index contributed by atoms with van der Waals surface area (Å²) >= 11 is 0. The summed E-state index contributed by atoms with van der Waals surface area (Å²) < 4.78 is 0. The SMILES string of the molecule is Nc1cc2[nH]c3c(c2cc1N)c1[nH]c2cc(N)c(N)cc2c1c1[nH]c2cc(N)c(N)cc2c31. The molecule has 0 fully saturated rings. The third-order valence-electron chi connectivity index (χ3n) is 6.76. The fraction of sp³-hybridized carbons (Fsp3) is 0. The second kappa shape index (κ2) is 5.46. The van der Waals surface area contributed by atoms with Gasteiger partial charge in [0.15, 0.2) is 0 Å². The molecule has 33 heavy (non-hydrogen) atoms. The Kier molecular flexibility index (Phi) is 2.93. The summed E-state index contributed by atoms with van der Waals surface area (Å²) in [6, 6.07) is 11.3. The Labute approximate surface area is 185 Å². The van der Waals surface area contributed by atoms with Gasteiger partial charge in [-0.25, -0.2) is 0 Å². The number of nitrogens with one attached hydrogen (secondary N) is 3. The molecular formula is C24H21N9. The lowest BCUT2D eigenvalue weighted by Crippen LogP contribution is -1.93. The Morgan fingerprint density at radius 2 is 0.606 bits per heavy atom. The lowest BCUT2D eigenvalue weighted by Gasteiger charge is -2.03. The standard InChI is InChI=1S/C24H21N9/c25-10-1-7-16(4-13(10)28)31-22-19(7)23-21(8-2-11(26)14(29)5-17(8)32-23)24-20(22)9-3-12(27)15(30)6-18(9)33-24/h1-6,31-33H,25-30H2. The van der Waals surface area contributed by atoms with Crippen LogP contribution in [0.5, 0.6) is 0 Å². The highest BCUT2D eigenvalue weighted by atomic mass is 14.8. The summed E-state index contributed by atoms with van der Waals surface area (Å²) in [6.45, 7) is 0. The maximum absolute atomic E-state index is 6.20. The first kappa shape index (κ1) is 17.7. The molecule has 0 unspecified atom stereocenters. The molecule has 0 aliphatic rings. The van der Waals surface area contributed by atoms with Gasteiger partial charge in [0.1, 0.15) is 0 Å². The van der Waals surface area contributed by atoms with Crippen LogP contribution in [-0.4, -0.2) is 15.0 Å². The molecule has 0 aliphatic carbocycles. The van der Waals surface area contributed by atoms with Crippen molar-refractivity contribution in [2.75, 3.05) is 34.4 Å². The molecule has 9 heteroatoms. The van der Waals surface area contributed by atoms with Crippen molar-refractivity contribution >= 4 is 99.5 Å². The van der Waals surface area contributed by atoms with E-state index in [1.807, 2.05) is 36.4 Å². The van der Waals surface area contributed by atoms with Crippen LogP contribution in [0, 0.1) is 0 Å². The normalized spacial score (nSPS) is 12.4. The lowest BCUT2D eigenvalue weighted by molar-refractivity contribution is 1.54. The van der Waals surface area contributed by atoms with Crippen LogP contribution in [0.25, 0.3) is 65.4 Å². The number of nitrogens with two attached hydrogens (primary N) is 6. The number of H-pyrrole nitrogens is 3. The van der Waals surface area contributed by atoms with Gasteiger partial charge in [0, 0.05) is 48.9 Å². The summed E-state index contributed by atoms with van der Waals surface area (Å²) in [5.41, 5.74) is 45.6. The van der Waals surface area contributed by atoms with E-state index < -0.39 is 0 Å². The second-order valence-corrected chi connectivity index (χ2v) is 8.71. The third kappa shape index (κ3) is 2.05. The van der Waals surface area contributed by atoms with Crippen molar-refractivity contribution in [3.8, 4) is 0 Å². The van der Waals surface area contributed by atoms with Gasteiger partial charge in [0.2, 0.25) is 0 Å². The minimum Gasteiger partial charge on any atom is -0.397 e. The molecule has 0 atom stereocenters. The summed E-state index contributed by atoms with van der Waals surface area (Å²) in [5.74, 6) is 0. The van der Waals surface area contributed by atoms with Gasteiger partial charge >= 0.3 is 0 Å². The van der Waals surface area contributed by atoms with Gasteiger partial charge < -0.3 is 49.4 Å². The van der Waals surface area contributed by atoms with E-state index in [9.17, 15) is 0 Å². The van der Waals surface area contributed by atoms with Crippen molar-refractivity contribution in [1.82, 2.24) is 15.0 Å². The zero-order valence-corrected chi connectivity index (χ0v) is 17.4. The minimum atomic E-state index is 0.523. The number of aromatic amines is 3. The first-order chi connectivity index (χ1) is 15.8. The van der Waals surface area contributed by atoms with Crippen LogP contribution in [0.15, 0.2) is 36.4 Å². The summed E-state index contributed by atoms with van der Waals surface area (Å²) in [5, 5.41) is 5.91. The molecule has 7 rings (SSSR count). The van der Waals surface area contributed by atoms with Crippen LogP contribution < -0.4 is 34.4 Å². The fourth-order valence-corrected chi connectivity index (χ4v) is 5.17. The molecule has 0 saturated heterocycles. The molecule has 0 radical (unpaired) electrons. The molecule has 0 spiro atoms. The maximum atomic E-state index is 6.20. The van der Waals surface area contributed by atoms with Crippen LogP contribution in [-0.2, 0) is 0 Å². The molecular weight excluding hydrogens is 414 g/mol. The summed E-state index contributed by atoms with van der Waals surface area (Å²) in [7, 11) is 0. The monoisotopic (exact) mass is 435 g/mol. The minimum absolute atomic E-state index is 0.523. The highest BCUT2D eigenvalue weighted by Gasteiger charge is 2.22.